The topological polar surface area (TPSA) is 22.4 Å². The number of furan rings is 1. The maximum atomic E-state index is 6.49. The van der Waals surface area contributed by atoms with Gasteiger partial charge in [0.2, 0.25) is 0 Å². The van der Waals surface area contributed by atoms with E-state index in [-0.39, 0.29) is 5.38 Å². The summed E-state index contributed by atoms with van der Waals surface area (Å²) in [6.07, 6.45) is 1.66. The minimum absolute atomic E-state index is 0.213. The van der Waals surface area contributed by atoms with Gasteiger partial charge in [0.15, 0.2) is 0 Å². The summed E-state index contributed by atoms with van der Waals surface area (Å²) >= 11 is 6.49. The van der Waals surface area contributed by atoms with E-state index in [0.29, 0.717) is 0 Å². The van der Waals surface area contributed by atoms with Crippen molar-refractivity contribution in [1.82, 2.24) is 0 Å². The Kier molecular flexibility index (Phi) is 3.98. The first-order valence-corrected chi connectivity index (χ1v) is 7.18. The molecule has 0 radical (unpaired) electrons. The van der Waals surface area contributed by atoms with Crippen molar-refractivity contribution in [1.29, 1.82) is 0 Å². The van der Waals surface area contributed by atoms with Crippen molar-refractivity contribution in [3.05, 3.63) is 83.8 Å². The molecule has 2 nitrogen and oxygen atoms in total. The summed E-state index contributed by atoms with van der Waals surface area (Å²) in [5.41, 5.74) is 2.01. The molecule has 0 saturated heterocycles. The smallest absolute Gasteiger partial charge is 0.127 e. The van der Waals surface area contributed by atoms with Gasteiger partial charge in [0.05, 0.1) is 11.6 Å². The van der Waals surface area contributed by atoms with E-state index in [1.807, 2.05) is 67.6 Å². The molecule has 1 aromatic heterocycles. The van der Waals surface area contributed by atoms with E-state index in [1.165, 1.54) is 0 Å². The lowest BCUT2D eigenvalue weighted by Crippen LogP contribution is -1.93. The third-order valence-electron chi connectivity index (χ3n) is 3.32. The van der Waals surface area contributed by atoms with Crippen molar-refractivity contribution < 1.29 is 9.15 Å². The Hall–Kier alpha value is -2.19. The highest BCUT2D eigenvalue weighted by atomic mass is 35.5. The average molecular weight is 299 g/mol. The number of ether oxygens (including phenoxy) is 1. The summed E-state index contributed by atoms with van der Waals surface area (Å²) in [6, 6.07) is 19.4. The largest absolute Gasteiger partial charge is 0.469 e. The fourth-order valence-electron chi connectivity index (χ4n) is 2.17. The van der Waals surface area contributed by atoms with Crippen LogP contribution in [-0.4, -0.2) is 0 Å². The molecule has 0 aliphatic rings. The lowest BCUT2D eigenvalue weighted by molar-refractivity contribution is 0.482. The number of rotatable bonds is 4. The Balaban J connectivity index is 1.77. The van der Waals surface area contributed by atoms with Gasteiger partial charge in [-0.2, -0.15) is 0 Å². The predicted octanol–water partition coefficient (Wildman–Crippen LogP) is 5.71. The molecule has 0 spiro atoms. The summed E-state index contributed by atoms with van der Waals surface area (Å²) in [4.78, 5) is 0. The summed E-state index contributed by atoms with van der Waals surface area (Å²) in [7, 11) is 0. The van der Waals surface area contributed by atoms with E-state index < -0.39 is 0 Å². The van der Waals surface area contributed by atoms with Gasteiger partial charge in [-0.15, -0.1) is 11.6 Å². The summed E-state index contributed by atoms with van der Waals surface area (Å²) < 4.78 is 11.1. The predicted molar refractivity (Wildman–Crippen MR) is 84.1 cm³/mol. The quantitative estimate of drug-likeness (QED) is 0.576. The zero-order valence-electron chi connectivity index (χ0n) is 11.6. The Morgan fingerprint density at radius 1 is 0.905 bits per heavy atom. The second-order valence-corrected chi connectivity index (χ2v) is 5.22. The Labute approximate surface area is 128 Å². The highest BCUT2D eigenvalue weighted by Crippen LogP contribution is 2.33. The third-order valence-corrected chi connectivity index (χ3v) is 3.81. The van der Waals surface area contributed by atoms with Crippen LogP contribution in [0.4, 0.5) is 0 Å². The SMILES string of the molecule is Cc1occc1C(Cl)c1ccc(Oc2ccccc2)cc1. The number of alkyl halides is 1. The molecule has 0 fully saturated rings. The average Bonchev–Trinajstić information content (AvgIpc) is 2.94. The zero-order chi connectivity index (χ0) is 14.7. The second-order valence-electron chi connectivity index (χ2n) is 4.78. The van der Waals surface area contributed by atoms with Crippen molar-refractivity contribution in [2.45, 2.75) is 12.3 Å². The van der Waals surface area contributed by atoms with Crippen LogP contribution >= 0.6 is 11.6 Å². The minimum atomic E-state index is -0.213. The Morgan fingerprint density at radius 3 is 2.19 bits per heavy atom. The number of halogens is 1. The number of benzene rings is 2. The maximum absolute atomic E-state index is 6.49. The van der Waals surface area contributed by atoms with Gasteiger partial charge >= 0.3 is 0 Å². The summed E-state index contributed by atoms with van der Waals surface area (Å²) in [5.74, 6) is 2.45. The van der Waals surface area contributed by atoms with Gasteiger partial charge in [-0.25, -0.2) is 0 Å². The van der Waals surface area contributed by atoms with Crippen molar-refractivity contribution in [2.75, 3.05) is 0 Å². The molecule has 0 aliphatic heterocycles. The molecular formula is C18H15ClO2. The van der Waals surface area contributed by atoms with Crippen LogP contribution in [0, 0.1) is 6.92 Å². The molecule has 106 valence electrons. The van der Waals surface area contributed by atoms with Gasteiger partial charge in [-0.1, -0.05) is 30.3 Å². The van der Waals surface area contributed by atoms with Crippen LogP contribution in [0.5, 0.6) is 11.5 Å². The van der Waals surface area contributed by atoms with Crippen molar-refractivity contribution in [3.63, 3.8) is 0 Å². The second kappa shape index (κ2) is 6.06. The molecule has 1 heterocycles. The third kappa shape index (κ3) is 3.11. The highest BCUT2D eigenvalue weighted by Gasteiger charge is 2.15. The first-order valence-electron chi connectivity index (χ1n) is 6.75. The lowest BCUT2D eigenvalue weighted by atomic mass is 10.1. The van der Waals surface area contributed by atoms with Crippen LogP contribution in [-0.2, 0) is 0 Å². The van der Waals surface area contributed by atoms with Gasteiger partial charge in [0.1, 0.15) is 17.3 Å². The summed E-state index contributed by atoms with van der Waals surface area (Å²) in [5, 5.41) is -0.213. The molecule has 0 amide bonds. The van der Waals surface area contributed by atoms with Gasteiger partial charge in [-0.3, -0.25) is 0 Å². The molecule has 0 aliphatic carbocycles. The van der Waals surface area contributed by atoms with Gasteiger partial charge in [0.25, 0.3) is 0 Å². The first kappa shape index (κ1) is 13.8. The molecular weight excluding hydrogens is 284 g/mol. The highest BCUT2D eigenvalue weighted by molar-refractivity contribution is 6.22. The van der Waals surface area contributed by atoms with E-state index in [1.54, 1.807) is 6.26 Å². The van der Waals surface area contributed by atoms with E-state index in [9.17, 15) is 0 Å². The van der Waals surface area contributed by atoms with Crippen molar-refractivity contribution in [3.8, 4) is 11.5 Å². The molecule has 1 unspecified atom stereocenters. The summed E-state index contributed by atoms with van der Waals surface area (Å²) in [6.45, 7) is 1.91. The van der Waals surface area contributed by atoms with Crippen molar-refractivity contribution in [2.24, 2.45) is 0 Å². The van der Waals surface area contributed by atoms with E-state index in [0.717, 1.165) is 28.4 Å². The first-order chi connectivity index (χ1) is 10.2. The number of hydrogen-bond acceptors (Lipinski definition) is 2. The van der Waals surface area contributed by atoms with Gasteiger partial charge in [0, 0.05) is 5.56 Å². The number of hydrogen-bond donors (Lipinski definition) is 0. The number of para-hydroxylation sites is 1. The molecule has 21 heavy (non-hydrogen) atoms. The normalized spacial score (nSPS) is 12.1. The van der Waals surface area contributed by atoms with Gasteiger partial charge in [-0.05, 0) is 42.8 Å². The monoisotopic (exact) mass is 298 g/mol. The van der Waals surface area contributed by atoms with Crippen LogP contribution in [0.15, 0.2) is 71.3 Å². The molecule has 2 aromatic carbocycles. The molecule has 3 aromatic rings. The Morgan fingerprint density at radius 2 is 1.57 bits per heavy atom. The van der Waals surface area contributed by atoms with Gasteiger partial charge < -0.3 is 9.15 Å². The van der Waals surface area contributed by atoms with Crippen LogP contribution in [0.1, 0.15) is 22.3 Å². The zero-order valence-corrected chi connectivity index (χ0v) is 12.4. The fourth-order valence-corrected chi connectivity index (χ4v) is 2.54. The maximum Gasteiger partial charge on any atom is 0.127 e. The molecule has 3 rings (SSSR count). The standard InChI is InChI=1S/C18H15ClO2/c1-13-17(11-12-20-13)18(19)14-7-9-16(10-8-14)21-15-5-3-2-4-6-15/h2-12,18H,1H3. The minimum Gasteiger partial charge on any atom is -0.469 e. The Bertz CT molecular complexity index is 702. The van der Waals surface area contributed by atoms with Crippen LogP contribution in [0.3, 0.4) is 0 Å². The molecule has 0 N–H and O–H groups in total. The fraction of sp³-hybridized carbons (Fsp3) is 0.111. The number of aryl methyl sites for hydroxylation is 1. The van der Waals surface area contributed by atoms with Crippen LogP contribution in [0.25, 0.3) is 0 Å². The molecule has 0 bridgehead atoms. The van der Waals surface area contributed by atoms with Crippen molar-refractivity contribution >= 4 is 11.6 Å². The lowest BCUT2D eigenvalue weighted by Gasteiger charge is -2.10. The van der Waals surface area contributed by atoms with E-state index in [4.69, 9.17) is 20.8 Å². The molecule has 1 atom stereocenters. The molecule has 0 saturated carbocycles. The van der Waals surface area contributed by atoms with Crippen LogP contribution < -0.4 is 4.74 Å². The molecule has 3 heteroatoms. The van der Waals surface area contributed by atoms with E-state index >= 15 is 0 Å². The van der Waals surface area contributed by atoms with E-state index in [2.05, 4.69) is 0 Å². The van der Waals surface area contributed by atoms with Crippen LogP contribution in [0.2, 0.25) is 0 Å².